The van der Waals surface area contributed by atoms with E-state index in [1.54, 1.807) is 12.2 Å². The summed E-state index contributed by atoms with van der Waals surface area (Å²) >= 11 is 0. The number of ketones is 1. The number of carbonyl (C=O) groups excluding carboxylic acids is 1. The summed E-state index contributed by atoms with van der Waals surface area (Å²) in [6.07, 6.45) is 22.3. The number of hydrogen-bond donors (Lipinski definition) is 2. The third kappa shape index (κ3) is 9.33. The summed E-state index contributed by atoms with van der Waals surface area (Å²) in [6.45, 7) is 2.01. The second-order valence-electron chi connectivity index (χ2n) is 6.36. The van der Waals surface area contributed by atoms with Gasteiger partial charge >= 0.3 is 5.97 Å². The molecule has 0 saturated heterocycles. The van der Waals surface area contributed by atoms with Gasteiger partial charge in [0, 0.05) is 18.3 Å². The Morgan fingerprint density at radius 3 is 2.46 bits per heavy atom. The number of aliphatic hydroxyl groups is 1. The van der Waals surface area contributed by atoms with Crippen LogP contribution in [0.4, 0.5) is 0 Å². The summed E-state index contributed by atoms with van der Waals surface area (Å²) in [6, 6.07) is 0. The molecule has 1 rings (SSSR count). The van der Waals surface area contributed by atoms with Crippen LogP contribution in [0.25, 0.3) is 0 Å². The predicted molar refractivity (Wildman–Crippen MR) is 105 cm³/mol. The molecule has 1 aliphatic rings. The zero-order valence-corrected chi connectivity index (χ0v) is 15.5. The Balaban J connectivity index is 2.16. The zero-order valence-electron chi connectivity index (χ0n) is 15.5. The van der Waals surface area contributed by atoms with Crippen LogP contribution in [0.2, 0.25) is 0 Å². The lowest BCUT2D eigenvalue weighted by atomic mass is 9.91. The Hall–Kier alpha value is -2.20. The molecule has 0 unspecified atom stereocenters. The van der Waals surface area contributed by atoms with Crippen LogP contribution in [-0.2, 0) is 9.59 Å². The van der Waals surface area contributed by atoms with Gasteiger partial charge in [-0.3, -0.25) is 9.59 Å². The monoisotopic (exact) mass is 358 g/mol. The first-order valence-electron chi connectivity index (χ1n) is 9.29. The maximum absolute atomic E-state index is 11.6. The highest BCUT2D eigenvalue weighted by Crippen LogP contribution is 2.26. The van der Waals surface area contributed by atoms with Crippen LogP contribution in [-0.4, -0.2) is 28.1 Å². The molecule has 0 amide bonds. The summed E-state index contributed by atoms with van der Waals surface area (Å²) < 4.78 is 0. The van der Waals surface area contributed by atoms with Gasteiger partial charge in [-0.15, -0.1) is 0 Å². The van der Waals surface area contributed by atoms with Gasteiger partial charge in [0.2, 0.25) is 0 Å². The van der Waals surface area contributed by atoms with Gasteiger partial charge in [0.05, 0.1) is 6.10 Å². The minimum absolute atomic E-state index is 0.0253. The molecule has 142 valence electrons. The van der Waals surface area contributed by atoms with Crippen molar-refractivity contribution >= 4 is 11.8 Å². The average Bonchev–Trinajstić information content (AvgIpc) is 2.97. The summed E-state index contributed by atoms with van der Waals surface area (Å²) in [5.74, 6) is -0.458. The number of rotatable bonds is 12. The fraction of sp³-hybridized carbons (Fsp3) is 0.455. The van der Waals surface area contributed by atoms with Crippen LogP contribution in [0, 0.1) is 11.8 Å². The molecule has 0 aromatic carbocycles. The van der Waals surface area contributed by atoms with Gasteiger partial charge in [0.25, 0.3) is 0 Å². The molecule has 4 heteroatoms. The van der Waals surface area contributed by atoms with Crippen molar-refractivity contribution in [2.24, 2.45) is 11.8 Å². The zero-order chi connectivity index (χ0) is 19.2. The number of aliphatic carboxylic acids is 1. The third-order valence-corrected chi connectivity index (χ3v) is 4.25. The number of carbonyl (C=O) groups is 2. The molecule has 1 aliphatic carbocycles. The van der Waals surface area contributed by atoms with E-state index in [-0.39, 0.29) is 24.0 Å². The SMILES string of the molecule is CC[C@H]1C(=O)C=C[C@H]1/C=C/[C@H](O)C/C=C\C/C=C\C/C=C\CCC(=O)O. The minimum atomic E-state index is -0.772. The van der Waals surface area contributed by atoms with E-state index in [0.717, 1.165) is 19.3 Å². The molecule has 0 bridgehead atoms. The van der Waals surface area contributed by atoms with Crippen LogP contribution in [0.5, 0.6) is 0 Å². The molecule has 0 spiro atoms. The lowest BCUT2D eigenvalue weighted by Gasteiger charge is -2.12. The summed E-state index contributed by atoms with van der Waals surface area (Å²) in [5, 5.41) is 18.5. The highest BCUT2D eigenvalue weighted by Gasteiger charge is 2.26. The molecule has 3 atom stereocenters. The van der Waals surface area contributed by atoms with Crippen molar-refractivity contribution in [3.63, 3.8) is 0 Å². The highest BCUT2D eigenvalue weighted by molar-refractivity contribution is 5.94. The van der Waals surface area contributed by atoms with E-state index < -0.39 is 12.1 Å². The number of carboxylic acid groups (broad SMARTS) is 1. The van der Waals surface area contributed by atoms with E-state index in [1.165, 1.54) is 0 Å². The van der Waals surface area contributed by atoms with Crippen LogP contribution >= 0.6 is 0 Å². The quantitative estimate of drug-likeness (QED) is 0.507. The first-order chi connectivity index (χ1) is 12.5. The fourth-order valence-corrected chi connectivity index (χ4v) is 2.76. The van der Waals surface area contributed by atoms with Crippen LogP contribution in [0.15, 0.2) is 60.8 Å². The molecule has 0 aromatic rings. The van der Waals surface area contributed by atoms with Crippen LogP contribution in [0.1, 0.15) is 45.4 Å². The van der Waals surface area contributed by atoms with Gasteiger partial charge in [0.15, 0.2) is 5.78 Å². The normalized spacial score (nSPS) is 21.8. The third-order valence-electron chi connectivity index (χ3n) is 4.25. The standard InChI is InChI=1S/C22H30O4/c1-2-20-18(15-17-21(20)24)14-16-19(23)12-10-8-6-4-3-5-7-9-11-13-22(25)26/h3-4,7-10,14-20,23H,2,5-6,11-13H2,1H3,(H,25,26)/b4-3-,9-7-,10-8-,16-14+/t18-,19-,20-/m1/s1. The van der Waals surface area contributed by atoms with Gasteiger partial charge in [-0.2, -0.15) is 0 Å². The van der Waals surface area contributed by atoms with Crippen LogP contribution < -0.4 is 0 Å². The minimum Gasteiger partial charge on any atom is -0.481 e. The summed E-state index contributed by atoms with van der Waals surface area (Å²) in [5.41, 5.74) is 0. The van der Waals surface area contributed by atoms with Crippen molar-refractivity contribution in [2.45, 2.75) is 51.6 Å². The maximum Gasteiger partial charge on any atom is 0.303 e. The first-order valence-corrected chi connectivity index (χ1v) is 9.29. The van der Waals surface area contributed by atoms with E-state index in [1.807, 2.05) is 55.5 Å². The smallest absolute Gasteiger partial charge is 0.303 e. The van der Waals surface area contributed by atoms with Crippen LogP contribution in [0.3, 0.4) is 0 Å². The lowest BCUT2D eigenvalue weighted by molar-refractivity contribution is -0.136. The molecular formula is C22H30O4. The van der Waals surface area contributed by atoms with Crippen molar-refractivity contribution in [1.82, 2.24) is 0 Å². The van der Waals surface area contributed by atoms with E-state index in [0.29, 0.717) is 12.8 Å². The van der Waals surface area contributed by atoms with Crippen molar-refractivity contribution < 1.29 is 19.8 Å². The highest BCUT2D eigenvalue weighted by atomic mass is 16.4. The van der Waals surface area contributed by atoms with Gasteiger partial charge in [-0.25, -0.2) is 0 Å². The van der Waals surface area contributed by atoms with E-state index in [4.69, 9.17) is 5.11 Å². The van der Waals surface area contributed by atoms with E-state index in [2.05, 4.69) is 0 Å². The predicted octanol–water partition coefficient (Wildman–Crippen LogP) is 4.39. The van der Waals surface area contributed by atoms with Gasteiger partial charge in [-0.05, 0) is 38.2 Å². The lowest BCUT2D eigenvalue weighted by Crippen LogP contribution is -2.13. The molecule has 0 radical (unpaired) electrons. The number of allylic oxidation sites excluding steroid dienone is 8. The summed E-state index contributed by atoms with van der Waals surface area (Å²) in [4.78, 5) is 22.0. The van der Waals surface area contributed by atoms with Crippen molar-refractivity contribution in [2.75, 3.05) is 0 Å². The van der Waals surface area contributed by atoms with E-state index >= 15 is 0 Å². The van der Waals surface area contributed by atoms with Crippen molar-refractivity contribution in [1.29, 1.82) is 0 Å². The second kappa shape index (κ2) is 13.1. The molecule has 0 heterocycles. The Labute approximate surface area is 156 Å². The fourth-order valence-electron chi connectivity index (χ4n) is 2.76. The molecule has 0 fully saturated rings. The average molecular weight is 358 g/mol. The first kappa shape index (κ1) is 21.8. The maximum atomic E-state index is 11.6. The molecule has 0 aliphatic heterocycles. The molecule has 26 heavy (non-hydrogen) atoms. The number of hydrogen-bond acceptors (Lipinski definition) is 3. The molecule has 0 saturated carbocycles. The van der Waals surface area contributed by atoms with Crippen molar-refractivity contribution in [3.8, 4) is 0 Å². The second-order valence-corrected chi connectivity index (χ2v) is 6.36. The Bertz CT molecular complexity index is 581. The van der Waals surface area contributed by atoms with Gasteiger partial charge in [0.1, 0.15) is 0 Å². The topological polar surface area (TPSA) is 74.6 Å². The van der Waals surface area contributed by atoms with Crippen molar-refractivity contribution in [3.05, 3.63) is 60.8 Å². The summed E-state index contributed by atoms with van der Waals surface area (Å²) in [7, 11) is 0. The Morgan fingerprint density at radius 2 is 1.81 bits per heavy atom. The molecular weight excluding hydrogens is 328 g/mol. The van der Waals surface area contributed by atoms with Gasteiger partial charge < -0.3 is 10.2 Å². The molecule has 2 N–H and O–H groups in total. The Morgan fingerprint density at radius 1 is 1.15 bits per heavy atom. The number of carboxylic acids is 1. The largest absolute Gasteiger partial charge is 0.481 e. The van der Waals surface area contributed by atoms with E-state index in [9.17, 15) is 14.7 Å². The van der Waals surface area contributed by atoms with Gasteiger partial charge in [-0.1, -0.05) is 61.6 Å². The molecule has 4 nitrogen and oxygen atoms in total. The Kier molecular flexibility index (Phi) is 11.0. The number of aliphatic hydroxyl groups excluding tert-OH is 1. The molecule has 0 aromatic heterocycles.